The number of rotatable bonds is 3. The molecule has 1 atom stereocenters. The SMILES string of the molecule is Cc1cc(N/N=C/C2C=CC(Cl)=CC2=N)c(O)c(C(C)(C)C)c1. The Balaban J connectivity index is 2.18. The van der Waals surface area contributed by atoms with Crippen molar-refractivity contribution < 1.29 is 5.11 Å². The molecule has 4 nitrogen and oxygen atoms in total. The molecule has 3 N–H and O–H groups in total. The summed E-state index contributed by atoms with van der Waals surface area (Å²) in [5.41, 5.74) is 5.58. The fourth-order valence-electron chi connectivity index (χ4n) is 2.35. The number of phenols is 1. The van der Waals surface area contributed by atoms with Crippen LogP contribution in [0.15, 0.2) is 40.5 Å². The van der Waals surface area contributed by atoms with Crippen LogP contribution in [-0.2, 0) is 5.41 Å². The molecule has 0 aliphatic heterocycles. The molecule has 0 saturated carbocycles. The van der Waals surface area contributed by atoms with E-state index in [2.05, 4.69) is 31.3 Å². The number of aryl methyl sites for hydroxylation is 1. The Labute approximate surface area is 142 Å². The summed E-state index contributed by atoms with van der Waals surface area (Å²) in [6.45, 7) is 8.15. The zero-order valence-electron chi connectivity index (χ0n) is 13.8. The number of aromatic hydroxyl groups is 1. The number of nitrogens with one attached hydrogen (secondary N) is 2. The van der Waals surface area contributed by atoms with Crippen LogP contribution in [0.4, 0.5) is 5.69 Å². The third-order valence-corrected chi connectivity index (χ3v) is 3.83. The Kier molecular flexibility index (Phi) is 4.95. The fourth-order valence-corrected chi connectivity index (χ4v) is 2.54. The Hall–Kier alpha value is -2.07. The molecule has 1 aliphatic carbocycles. The van der Waals surface area contributed by atoms with Crippen LogP contribution < -0.4 is 5.43 Å². The first-order valence-corrected chi connectivity index (χ1v) is 7.83. The first-order valence-electron chi connectivity index (χ1n) is 7.45. The molecule has 1 aromatic carbocycles. The van der Waals surface area contributed by atoms with Crippen molar-refractivity contribution in [3.05, 3.63) is 46.5 Å². The Morgan fingerprint density at radius 1 is 1.35 bits per heavy atom. The van der Waals surface area contributed by atoms with Gasteiger partial charge in [0.2, 0.25) is 0 Å². The number of allylic oxidation sites excluding steroid dienone is 4. The molecule has 0 radical (unpaired) electrons. The molecule has 23 heavy (non-hydrogen) atoms. The molecule has 2 rings (SSSR count). The second-order valence-electron chi connectivity index (χ2n) is 6.72. The zero-order valence-corrected chi connectivity index (χ0v) is 14.6. The maximum absolute atomic E-state index is 10.5. The van der Waals surface area contributed by atoms with E-state index >= 15 is 0 Å². The van der Waals surface area contributed by atoms with E-state index in [0.29, 0.717) is 16.4 Å². The maximum atomic E-state index is 10.5. The first kappa shape index (κ1) is 17.3. The number of halogens is 1. The minimum Gasteiger partial charge on any atom is -0.505 e. The lowest BCUT2D eigenvalue weighted by molar-refractivity contribution is 0.448. The summed E-state index contributed by atoms with van der Waals surface area (Å²) in [6, 6.07) is 3.83. The largest absolute Gasteiger partial charge is 0.505 e. The number of anilines is 1. The average Bonchev–Trinajstić information content (AvgIpc) is 2.43. The van der Waals surface area contributed by atoms with E-state index < -0.39 is 0 Å². The van der Waals surface area contributed by atoms with Crippen molar-refractivity contribution in [2.24, 2.45) is 11.0 Å². The van der Waals surface area contributed by atoms with Gasteiger partial charge in [0.15, 0.2) is 0 Å². The molecule has 5 heteroatoms. The first-order chi connectivity index (χ1) is 10.7. The molecule has 0 amide bonds. The van der Waals surface area contributed by atoms with Crippen LogP contribution in [0.1, 0.15) is 31.9 Å². The predicted octanol–water partition coefficient (Wildman–Crippen LogP) is 4.72. The topological polar surface area (TPSA) is 68.5 Å². The number of phenolic OH excluding ortho intramolecular Hbond substituents is 1. The summed E-state index contributed by atoms with van der Waals surface area (Å²) in [5.74, 6) is -0.0171. The minimum atomic E-state index is -0.223. The van der Waals surface area contributed by atoms with Gasteiger partial charge in [0.1, 0.15) is 5.75 Å². The quantitative estimate of drug-likeness (QED) is 0.426. The molecule has 0 bridgehead atoms. The van der Waals surface area contributed by atoms with Crippen LogP contribution in [0.5, 0.6) is 5.75 Å². The van der Waals surface area contributed by atoms with Gasteiger partial charge in [0.05, 0.1) is 11.6 Å². The summed E-state index contributed by atoms with van der Waals surface area (Å²) in [7, 11) is 0. The molecule has 0 heterocycles. The van der Waals surface area contributed by atoms with Crippen molar-refractivity contribution in [1.29, 1.82) is 5.41 Å². The van der Waals surface area contributed by atoms with Crippen LogP contribution in [0.3, 0.4) is 0 Å². The van der Waals surface area contributed by atoms with Gasteiger partial charge in [0, 0.05) is 22.5 Å². The van der Waals surface area contributed by atoms with Gasteiger partial charge in [-0.1, -0.05) is 44.5 Å². The Morgan fingerprint density at radius 2 is 2.04 bits per heavy atom. The number of hydrogen-bond donors (Lipinski definition) is 3. The summed E-state index contributed by atoms with van der Waals surface area (Å²) >= 11 is 5.85. The lowest BCUT2D eigenvalue weighted by Gasteiger charge is -2.22. The highest BCUT2D eigenvalue weighted by Gasteiger charge is 2.20. The molecular weight excluding hydrogens is 310 g/mol. The molecular formula is C18H22ClN3O. The normalized spacial score (nSPS) is 18.4. The molecule has 0 saturated heterocycles. The van der Waals surface area contributed by atoms with Crippen LogP contribution >= 0.6 is 11.6 Å². The van der Waals surface area contributed by atoms with Crippen molar-refractivity contribution in [2.45, 2.75) is 33.1 Å². The molecule has 0 fully saturated rings. The number of hydrazone groups is 1. The zero-order chi connectivity index (χ0) is 17.2. The average molecular weight is 332 g/mol. The highest BCUT2D eigenvalue weighted by Crippen LogP contribution is 2.37. The number of benzene rings is 1. The standard InChI is InChI=1S/C18H22ClN3O/c1-11-7-14(18(2,3)4)17(23)16(8-11)22-21-10-12-5-6-13(19)9-15(12)20/h5-10,12,20,22-23H,1-4H3/b20-15?,21-10+. The Bertz CT molecular complexity index is 712. The summed E-state index contributed by atoms with van der Waals surface area (Å²) < 4.78 is 0. The lowest BCUT2D eigenvalue weighted by Crippen LogP contribution is -2.14. The van der Waals surface area contributed by atoms with Crippen molar-refractivity contribution in [3.63, 3.8) is 0 Å². The smallest absolute Gasteiger partial charge is 0.144 e. The highest BCUT2D eigenvalue weighted by molar-refractivity contribution is 6.33. The molecule has 0 spiro atoms. The van der Waals surface area contributed by atoms with Gasteiger partial charge in [0.25, 0.3) is 0 Å². The third kappa shape index (κ3) is 4.23. The fraction of sp³-hybridized carbons (Fsp3) is 0.333. The second kappa shape index (κ2) is 6.59. The second-order valence-corrected chi connectivity index (χ2v) is 7.15. The van der Waals surface area contributed by atoms with E-state index in [-0.39, 0.29) is 17.1 Å². The highest BCUT2D eigenvalue weighted by atomic mass is 35.5. The molecule has 1 unspecified atom stereocenters. The van der Waals surface area contributed by atoms with Gasteiger partial charge < -0.3 is 10.5 Å². The van der Waals surface area contributed by atoms with Gasteiger partial charge >= 0.3 is 0 Å². The number of hydrogen-bond acceptors (Lipinski definition) is 4. The van der Waals surface area contributed by atoms with Crippen LogP contribution in [0.25, 0.3) is 0 Å². The summed E-state index contributed by atoms with van der Waals surface area (Å²) in [6.07, 6.45) is 6.78. The van der Waals surface area contributed by atoms with Crippen molar-refractivity contribution in [1.82, 2.24) is 0 Å². The van der Waals surface area contributed by atoms with E-state index in [9.17, 15) is 5.11 Å². The molecule has 122 valence electrons. The van der Waals surface area contributed by atoms with Gasteiger partial charge in [-0.05, 0) is 36.1 Å². The maximum Gasteiger partial charge on any atom is 0.144 e. The summed E-state index contributed by atoms with van der Waals surface area (Å²) in [5, 5.41) is 23.0. The molecule has 0 aromatic heterocycles. The van der Waals surface area contributed by atoms with Crippen molar-refractivity contribution in [2.75, 3.05) is 5.43 Å². The minimum absolute atomic E-state index is 0.161. The molecule has 1 aliphatic rings. The van der Waals surface area contributed by atoms with Gasteiger partial charge in [-0.2, -0.15) is 5.10 Å². The third-order valence-electron chi connectivity index (χ3n) is 3.60. The van der Waals surface area contributed by atoms with E-state index in [1.165, 1.54) is 0 Å². The Morgan fingerprint density at radius 3 is 2.65 bits per heavy atom. The van der Waals surface area contributed by atoms with E-state index in [0.717, 1.165) is 11.1 Å². The van der Waals surface area contributed by atoms with Crippen LogP contribution in [0.2, 0.25) is 0 Å². The van der Waals surface area contributed by atoms with E-state index in [1.54, 1.807) is 18.4 Å². The van der Waals surface area contributed by atoms with Gasteiger partial charge in [-0.25, -0.2) is 0 Å². The van der Waals surface area contributed by atoms with E-state index in [1.807, 2.05) is 25.1 Å². The van der Waals surface area contributed by atoms with E-state index in [4.69, 9.17) is 17.0 Å². The lowest BCUT2D eigenvalue weighted by atomic mass is 9.85. The molecule has 1 aromatic rings. The van der Waals surface area contributed by atoms with Crippen LogP contribution in [0, 0.1) is 18.3 Å². The summed E-state index contributed by atoms with van der Waals surface area (Å²) in [4.78, 5) is 0. The van der Waals surface area contributed by atoms with Crippen LogP contribution in [-0.4, -0.2) is 17.0 Å². The van der Waals surface area contributed by atoms with Crippen molar-refractivity contribution in [3.8, 4) is 5.75 Å². The monoisotopic (exact) mass is 331 g/mol. The van der Waals surface area contributed by atoms with Gasteiger partial charge in [-0.3, -0.25) is 5.43 Å². The number of nitrogens with zero attached hydrogens (tertiary/aromatic N) is 1. The van der Waals surface area contributed by atoms with Crippen molar-refractivity contribution >= 4 is 29.2 Å². The predicted molar refractivity (Wildman–Crippen MR) is 98.0 cm³/mol. The van der Waals surface area contributed by atoms with Gasteiger partial charge in [-0.15, -0.1) is 0 Å².